The van der Waals surface area contributed by atoms with Crippen molar-refractivity contribution in [3.05, 3.63) is 70.3 Å². The monoisotopic (exact) mass is 562 g/mol. The average Bonchev–Trinajstić information content (AvgIpc) is 3.63. The Bertz CT molecular complexity index is 1390. The number of pyridine rings is 2. The Labute approximate surface area is 239 Å². The van der Waals surface area contributed by atoms with Crippen LogP contribution < -0.4 is 15.5 Å². The number of imidazole rings is 1. The predicted molar refractivity (Wildman–Crippen MR) is 160 cm³/mol. The number of aliphatic hydroxyl groups excluding tert-OH is 1. The van der Waals surface area contributed by atoms with E-state index < -0.39 is 0 Å². The highest BCUT2D eigenvalue weighted by molar-refractivity contribution is 7.08. The molecule has 4 aromatic heterocycles. The van der Waals surface area contributed by atoms with E-state index in [-0.39, 0.29) is 25.0 Å². The Morgan fingerprint density at radius 2 is 1.82 bits per heavy atom. The number of amides is 2. The molecule has 1 saturated heterocycles. The minimum atomic E-state index is -0.366. The fraction of sp³-hybridized carbons (Fsp3) is 0.400. The molecule has 1 fully saturated rings. The van der Waals surface area contributed by atoms with Crippen molar-refractivity contribution in [2.75, 3.05) is 31.1 Å². The summed E-state index contributed by atoms with van der Waals surface area (Å²) in [4.78, 5) is 37.7. The number of aliphatic hydroxyl groups is 1. The number of piperidine rings is 1. The predicted octanol–water partition coefficient (Wildman–Crippen LogP) is 4.76. The lowest BCUT2D eigenvalue weighted by molar-refractivity contribution is 0.0934. The van der Waals surface area contributed by atoms with Gasteiger partial charge in [0.25, 0.3) is 11.8 Å². The maximum Gasteiger partial charge on any atom is 0.270 e. The lowest BCUT2D eigenvalue weighted by Crippen LogP contribution is -2.30. The van der Waals surface area contributed by atoms with E-state index in [2.05, 4.69) is 41.3 Å². The number of hydrogen-bond donors (Lipinski definition) is 3. The molecule has 1 aliphatic rings. The van der Waals surface area contributed by atoms with Gasteiger partial charge in [0.05, 0.1) is 12.2 Å². The Morgan fingerprint density at radius 1 is 1.05 bits per heavy atom. The SMILES string of the molecule is CC(C)C.O=C(NCc1ccc(N2CCCCC2)nc1)c1cccn2c(C(=O)NCCO)c(-c3ccsc3)nc12. The summed E-state index contributed by atoms with van der Waals surface area (Å²) in [5, 5.41) is 18.6. The van der Waals surface area contributed by atoms with Gasteiger partial charge in [-0.2, -0.15) is 11.3 Å². The molecule has 3 N–H and O–H groups in total. The molecule has 10 heteroatoms. The normalized spacial score (nSPS) is 13.2. The van der Waals surface area contributed by atoms with Crippen molar-refractivity contribution in [1.29, 1.82) is 0 Å². The van der Waals surface area contributed by atoms with Crippen LogP contribution in [-0.4, -0.2) is 57.5 Å². The highest BCUT2D eigenvalue weighted by atomic mass is 32.1. The molecule has 5 rings (SSSR count). The molecule has 4 aromatic rings. The molecule has 0 spiro atoms. The van der Waals surface area contributed by atoms with Crippen molar-refractivity contribution in [2.24, 2.45) is 5.92 Å². The standard InChI is InChI=1S/C26H28N6O3S.C4H10/c33-13-9-27-26(35)23-22(19-8-14-36-17-19)30-24-20(5-4-12-32(23)24)25(34)29-16-18-6-7-21(28-15-18)31-10-2-1-3-11-31;1-4(2)3/h4-8,12,14-15,17,33H,1-3,9-11,13,16H2,(H,27,35)(H,29,34);4H,1-3H3. The first kappa shape index (κ1) is 29.2. The summed E-state index contributed by atoms with van der Waals surface area (Å²) in [6.07, 6.45) is 7.17. The van der Waals surface area contributed by atoms with Gasteiger partial charge >= 0.3 is 0 Å². The summed E-state index contributed by atoms with van der Waals surface area (Å²) in [5.74, 6) is 1.15. The molecule has 0 atom stereocenters. The molecular weight excluding hydrogens is 524 g/mol. The number of carbonyl (C=O) groups excluding carboxylic acids is 2. The van der Waals surface area contributed by atoms with Crippen molar-refractivity contribution in [3.63, 3.8) is 0 Å². The quantitative estimate of drug-likeness (QED) is 0.285. The van der Waals surface area contributed by atoms with Crippen LogP contribution in [0.4, 0.5) is 5.82 Å². The first-order chi connectivity index (χ1) is 19.4. The van der Waals surface area contributed by atoms with E-state index in [0.29, 0.717) is 29.1 Å². The molecule has 0 aliphatic carbocycles. The van der Waals surface area contributed by atoms with Crippen LogP contribution in [0, 0.1) is 5.92 Å². The highest BCUT2D eigenvalue weighted by Crippen LogP contribution is 2.28. The number of rotatable bonds is 8. The van der Waals surface area contributed by atoms with Crippen LogP contribution in [0.1, 0.15) is 66.4 Å². The van der Waals surface area contributed by atoms with E-state index in [1.165, 1.54) is 30.6 Å². The first-order valence-corrected chi connectivity index (χ1v) is 14.7. The molecule has 0 unspecified atom stereocenters. The second-order valence-corrected chi connectivity index (χ2v) is 11.2. The summed E-state index contributed by atoms with van der Waals surface area (Å²) in [6.45, 7) is 8.85. The summed E-state index contributed by atoms with van der Waals surface area (Å²) < 4.78 is 1.63. The minimum Gasteiger partial charge on any atom is -0.395 e. The van der Waals surface area contributed by atoms with Crippen LogP contribution in [0.3, 0.4) is 0 Å². The van der Waals surface area contributed by atoms with Crippen LogP contribution in [0.2, 0.25) is 0 Å². The lowest BCUT2D eigenvalue weighted by Gasteiger charge is -2.27. The van der Waals surface area contributed by atoms with E-state index >= 15 is 0 Å². The molecule has 9 nitrogen and oxygen atoms in total. The lowest BCUT2D eigenvalue weighted by atomic mass is 10.1. The average molecular weight is 563 g/mol. The zero-order valence-electron chi connectivity index (χ0n) is 23.4. The van der Waals surface area contributed by atoms with Crippen molar-refractivity contribution < 1.29 is 14.7 Å². The number of fused-ring (bicyclic) bond motifs is 1. The summed E-state index contributed by atoms with van der Waals surface area (Å²) in [7, 11) is 0. The number of thiophene rings is 1. The van der Waals surface area contributed by atoms with Gasteiger partial charge in [-0.05, 0) is 60.4 Å². The van der Waals surface area contributed by atoms with Crippen LogP contribution in [0.25, 0.3) is 16.9 Å². The number of nitrogens with zero attached hydrogens (tertiary/aromatic N) is 4. The molecule has 1 aliphatic heterocycles. The third-order valence-corrected chi connectivity index (χ3v) is 6.93. The van der Waals surface area contributed by atoms with Gasteiger partial charge < -0.3 is 20.6 Å². The number of hydrogen-bond acceptors (Lipinski definition) is 7. The number of carbonyl (C=O) groups is 2. The molecule has 0 bridgehead atoms. The summed E-state index contributed by atoms with van der Waals surface area (Å²) >= 11 is 1.50. The van der Waals surface area contributed by atoms with Crippen LogP contribution in [0.5, 0.6) is 0 Å². The van der Waals surface area contributed by atoms with Crippen molar-refractivity contribution in [1.82, 2.24) is 25.0 Å². The summed E-state index contributed by atoms with van der Waals surface area (Å²) in [5.41, 5.74) is 3.27. The van der Waals surface area contributed by atoms with Gasteiger partial charge in [0, 0.05) is 49.5 Å². The summed E-state index contributed by atoms with van der Waals surface area (Å²) in [6, 6.07) is 9.30. The molecule has 212 valence electrons. The minimum absolute atomic E-state index is 0.125. The van der Waals surface area contributed by atoms with E-state index in [9.17, 15) is 9.59 Å². The van der Waals surface area contributed by atoms with E-state index in [1.807, 2.05) is 29.0 Å². The third-order valence-electron chi connectivity index (χ3n) is 6.24. The first-order valence-electron chi connectivity index (χ1n) is 13.8. The fourth-order valence-corrected chi connectivity index (χ4v) is 5.06. The Hall–Kier alpha value is -3.76. The zero-order valence-corrected chi connectivity index (χ0v) is 24.2. The highest BCUT2D eigenvalue weighted by Gasteiger charge is 2.24. The van der Waals surface area contributed by atoms with E-state index in [1.54, 1.807) is 28.9 Å². The van der Waals surface area contributed by atoms with Crippen LogP contribution >= 0.6 is 11.3 Å². The van der Waals surface area contributed by atoms with E-state index in [4.69, 9.17) is 10.1 Å². The topological polar surface area (TPSA) is 112 Å². The van der Waals surface area contributed by atoms with Gasteiger partial charge in [0.1, 0.15) is 17.2 Å². The van der Waals surface area contributed by atoms with Crippen molar-refractivity contribution in [2.45, 2.75) is 46.6 Å². The third kappa shape index (κ3) is 7.25. The van der Waals surface area contributed by atoms with Crippen molar-refractivity contribution >= 4 is 34.6 Å². The van der Waals surface area contributed by atoms with Gasteiger partial charge in [-0.25, -0.2) is 9.97 Å². The maximum absolute atomic E-state index is 13.2. The van der Waals surface area contributed by atoms with Gasteiger partial charge in [-0.15, -0.1) is 0 Å². The Kier molecular flexibility index (Phi) is 10.3. The second-order valence-electron chi connectivity index (χ2n) is 10.4. The van der Waals surface area contributed by atoms with Gasteiger partial charge in [-0.3, -0.25) is 14.0 Å². The number of nitrogens with one attached hydrogen (secondary N) is 2. The smallest absolute Gasteiger partial charge is 0.270 e. The molecular formula is C30H38N6O3S. The fourth-order valence-electron chi connectivity index (χ4n) is 4.42. The van der Waals surface area contributed by atoms with Gasteiger partial charge in [-0.1, -0.05) is 26.8 Å². The molecule has 2 amide bonds. The molecule has 5 heterocycles. The van der Waals surface area contributed by atoms with Gasteiger partial charge in [0.15, 0.2) is 5.65 Å². The van der Waals surface area contributed by atoms with Crippen LogP contribution in [-0.2, 0) is 6.54 Å². The van der Waals surface area contributed by atoms with Gasteiger partial charge in [0.2, 0.25) is 0 Å². The molecule has 0 aromatic carbocycles. The number of aromatic nitrogens is 3. The Morgan fingerprint density at radius 3 is 2.48 bits per heavy atom. The second kappa shape index (κ2) is 14.0. The number of anilines is 1. The van der Waals surface area contributed by atoms with Crippen LogP contribution in [0.15, 0.2) is 53.5 Å². The maximum atomic E-state index is 13.2. The largest absolute Gasteiger partial charge is 0.395 e. The molecule has 0 saturated carbocycles. The zero-order chi connectivity index (χ0) is 28.5. The van der Waals surface area contributed by atoms with E-state index in [0.717, 1.165) is 36.0 Å². The van der Waals surface area contributed by atoms with Crippen molar-refractivity contribution in [3.8, 4) is 11.3 Å². The Balaban J connectivity index is 0.000000867. The molecule has 40 heavy (non-hydrogen) atoms. The molecule has 0 radical (unpaired) electrons.